The predicted molar refractivity (Wildman–Crippen MR) is 68.0 cm³/mol. The minimum absolute atomic E-state index is 0.648. The van der Waals surface area contributed by atoms with Crippen molar-refractivity contribution in [2.45, 2.75) is 0 Å². The Balaban J connectivity index is 1.98. The van der Waals surface area contributed by atoms with Gasteiger partial charge < -0.3 is 9.05 Å². The van der Waals surface area contributed by atoms with Gasteiger partial charge in [-0.15, -0.1) is 0 Å². The first-order valence-electron chi connectivity index (χ1n) is 4.93. The third-order valence-corrected chi connectivity index (χ3v) is 3.07. The lowest BCUT2D eigenvalue weighted by molar-refractivity contribution is 0.403. The number of rotatable bonds is 5. The maximum absolute atomic E-state index is 5.46. The van der Waals surface area contributed by atoms with Crippen LogP contribution in [-0.2, 0) is 4.08 Å². The summed E-state index contributed by atoms with van der Waals surface area (Å²) in [7, 11) is -1.65. The highest BCUT2D eigenvalue weighted by Crippen LogP contribution is 2.42. The van der Waals surface area contributed by atoms with Crippen LogP contribution >= 0.6 is 20.5 Å². The quantitative estimate of drug-likeness (QED) is 0.745. The van der Waals surface area contributed by atoms with E-state index in [4.69, 9.17) is 20.9 Å². The van der Waals surface area contributed by atoms with Gasteiger partial charge in [-0.2, -0.15) is 4.08 Å². The van der Waals surface area contributed by atoms with Gasteiger partial charge in [0, 0.05) is 0 Å². The molecule has 17 heavy (non-hydrogen) atoms. The Bertz CT molecular complexity index is 397. The van der Waals surface area contributed by atoms with Crippen LogP contribution in [0, 0.1) is 0 Å². The van der Waals surface area contributed by atoms with Crippen LogP contribution in [0.3, 0.4) is 0 Å². The summed E-state index contributed by atoms with van der Waals surface area (Å²) in [6.45, 7) is 0. The van der Waals surface area contributed by atoms with Crippen LogP contribution in [0.1, 0.15) is 0 Å². The van der Waals surface area contributed by atoms with Gasteiger partial charge in [0.25, 0.3) is 0 Å². The van der Waals surface area contributed by atoms with Gasteiger partial charge in [0.15, 0.2) is 0 Å². The molecule has 0 heterocycles. The maximum Gasteiger partial charge on any atom is 0.481 e. The molecule has 2 aromatic rings. The summed E-state index contributed by atoms with van der Waals surface area (Å²) in [5.74, 6) is 1.30. The SMILES string of the molecule is ClOP(Oc1ccccc1)Oc1ccccc1. The first-order valence-corrected chi connectivity index (χ1v) is 6.34. The monoisotopic (exact) mass is 268 g/mol. The second-order valence-corrected chi connectivity index (χ2v) is 4.47. The van der Waals surface area contributed by atoms with Gasteiger partial charge in [-0.1, -0.05) is 36.4 Å². The molecule has 0 radical (unpaired) electrons. The van der Waals surface area contributed by atoms with E-state index >= 15 is 0 Å². The van der Waals surface area contributed by atoms with E-state index in [-0.39, 0.29) is 0 Å². The van der Waals surface area contributed by atoms with Gasteiger partial charge in [-0.05, 0) is 24.3 Å². The molecule has 0 aliphatic heterocycles. The molecule has 2 rings (SSSR count). The standard InChI is InChI=1S/C12H10ClO3P/c13-16-17(14-11-7-3-1-4-8-11)15-12-9-5-2-6-10-12/h1-10H. The zero-order chi connectivity index (χ0) is 11.9. The fraction of sp³-hybridized carbons (Fsp3) is 0. The Kier molecular flexibility index (Phi) is 4.63. The Morgan fingerprint density at radius 3 is 1.47 bits per heavy atom. The molecule has 0 unspecified atom stereocenters. The van der Waals surface area contributed by atoms with E-state index in [0.29, 0.717) is 11.5 Å². The van der Waals surface area contributed by atoms with E-state index in [2.05, 4.69) is 4.08 Å². The van der Waals surface area contributed by atoms with E-state index in [1.807, 2.05) is 36.4 Å². The molecule has 0 bridgehead atoms. The number of benzene rings is 2. The van der Waals surface area contributed by atoms with Crippen molar-refractivity contribution in [3.05, 3.63) is 60.7 Å². The molecule has 0 aromatic heterocycles. The molecular weight excluding hydrogens is 259 g/mol. The van der Waals surface area contributed by atoms with E-state index in [9.17, 15) is 0 Å². The van der Waals surface area contributed by atoms with Crippen LogP contribution in [0.25, 0.3) is 0 Å². The summed E-state index contributed by atoms with van der Waals surface area (Å²) in [4.78, 5) is 0. The number of hydrogen-bond donors (Lipinski definition) is 0. The number of hydrogen-bond acceptors (Lipinski definition) is 3. The average molecular weight is 269 g/mol. The predicted octanol–water partition coefficient (Wildman–Crippen LogP) is 4.54. The third kappa shape index (κ3) is 3.90. The largest absolute Gasteiger partial charge is 0.481 e. The van der Waals surface area contributed by atoms with E-state index in [1.165, 1.54) is 0 Å². The zero-order valence-electron chi connectivity index (χ0n) is 8.82. The molecule has 88 valence electrons. The van der Waals surface area contributed by atoms with E-state index < -0.39 is 8.60 Å². The van der Waals surface area contributed by atoms with Crippen molar-refractivity contribution in [1.82, 2.24) is 0 Å². The van der Waals surface area contributed by atoms with Crippen molar-refractivity contribution >= 4 is 20.5 Å². The lowest BCUT2D eigenvalue weighted by Crippen LogP contribution is -1.95. The van der Waals surface area contributed by atoms with Gasteiger partial charge in [0.05, 0.1) is 11.9 Å². The summed E-state index contributed by atoms with van der Waals surface area (Å²) in [5, 5.41) is 0. The van der Waals surface area contributed by atoms with E-state index in [1.54, 1.807) is 24.3 Å². The fourth-order valence-electron chi connectivity index (χ4n) is 1.18. The normalized spacial score (nSPS) is 10.2. The highest BCUT2D eigenvalue weighted by atomic mass is 35.5. The molecule has 0 N–H and O–H groups in total. The number of para-hydroxylation sites is 2. The number of halogens is 1. The lowest BCUT2D eigenvalue weighted by Gasteiger charge is -2.13. The van der Waals surface area contributed by atoms with Crippen LogP contribution in [0.15, 0.2) is 60.7 Å². The minimum Gasteiger partial charge on any atom is -0.417 e. The Labute approximate surface area is 106 Å². The summed E-state index contributed by atoms with van der Waals surface area (Å²) in [6, 6.07) is 18.5. The molecule has 0 aliphatic carbocycles. The fourth-order valence-corrected chi connectivity index (χ4v) is 2.03. The highest BCUT2D eigenvalue weighted by Gasteiger charge is 2.16. The molecule has 2 aromatic carbocycles. The zero-order valence-corrected chi connectivity index (χ0v) is 10.5. The molecule has 0 spiro atoms. The molecule has 0 amide bonds. The van der Waals surface area contributed by atoms with Gasteiger partial charge in [0.1, 0.15) is 11.5 Å². The summed E-state index contributed by atoms with van der Waals surface area (Å²) in [5.41, 5.74) is 0. The van der Waals surface area contributed by atoms with Gasteiger partial charge in [-0.3, -0.25) is 0 Å². The second-order valence-electron chi connectivity index (χ2n) is 3.10. The summed E-state index contributed by atoms with van der Waals surface area (Å²) >= 11 is 5.35. The molecule has 0 atom stereocenters. The molecule has 3 nitrogen and oxygen atoms in total. The summed E-state index contributed by atoms with van der Waals surface area (Å²) < 4.78 is 15.6. The molecule has 5 heteroatoms. The van der Waals surface area contributed by atoms with Crippen molar-refractivity contribution in [3.63, 3.8) is 0 Å². The Morgan fingerprint density at radius 2 is 1.12 bits per heavy atom. The van der Waals surface area contributed by atoms with Gasteiger partial charge in [-0.25, -0.2) is 0 Å². The van der Waals surface area contributed by atoms with Crippen LogP contribution in [0.2, 0.25) is 0 Å². The first-order chi connectivity index (χ1) is 8.38. The van der Waals surface area contributed by atoms with Gasteiger partial charge in [0.2, 0.25) is 0 Å². The van der Waals surface area contributed by atoms with Crippen LogP contribution in [0.4, 0.5) is 0 Å². The van der Waals surface area contributed by atoms with Crippen molar-refractivity contribution < 1.29 is 13.1 Å². The molecule has 0 saturated heterocycles. The molecule has 0 saturated carbocycles. The average Bonchev–Trinajstić information content (AvgIpc) is 2.40. The topological polar surface area (TPSA) is 27.7 Å². The highest BCUT2D eigenvalue weighted by molar-refractivity contribution is 7.43. The summed E-state index contributed by atoms with van der Waals surface area (Å²) in [6.07, 6.45) is 0. The third-order valence-electron chi connectivity index (χ3n) is 1.90. The van der Waals surface area contributed by atoms with Crippen molar-refractivity contribution in [1.29, 1.82) is 0 Å². The second kappa shape index (κ2) is 6.45. The minimum atomic E-state index is -1.65. The van der Waals surface area contributed by atoms with Crippen LogP contribution in [0.5, 0.6) is 11.5 Å². The Hall–Kier alpha value is -1.28. The van der Waals surface area contributed by atoms with Crippen LogP contribution in [-0.4, -0.2) is 0 Å². The van der Waals surface area contributed by atoms with Gasteiger partial charge >= 0.3 is 8.60 Å². The Morgan fingerprint density at radius 1 is 0.706 bits per heavy atom. The molecule has 0 fully saturated rings. The smallest absolute Gasteiger partial charge is 0.417 e. The van der Waals surface area contributed by atoms with Crippen LogP contribution < -0.4 is 9.05 Å². The maximum atomic E-state index is 5.46. The van der Waals surface area contributed by atoms with Crippen molar-refractivity contribution in [3.8, 4) is 11.5 Å². The van der Waals surface area contributed by atoms with Crippen molar-refractivity contribution in [2.75, 3.05) is 0 Å². The molecule has 0 aliphatic rings. The molecular formula is C12H10ClO3P. The lowest BCUT2D eigenvalue weighted by atomic mass is 10.3. The van der Waals surface area contributed by atoms with Crippen molar-refractivity contribution in [2.24, 2.45) is 0 Å². The van der Waals surface area contributed by atoms with E-state index in [0.717, 1.165) is 0 Å². The first kappa shape index (κ1) is 12.2.